The molecule has 0 N–H and O–H groups in total. The number of hydrogen-bond donors (Lipinski definition) is 0. The number of Topliss-reactive ketones (excluding diaryl/α,β-unsaturated/α-hetero) is 1. The summed E-state index contributed by atoms with van der Waals surface area (Å²) in [5.74, 6) is 1.17. The van der Waals surface area contributed by atoms with Gasteiger partial charge in [-0.15, -0.1) is 0 Å². The second-order valence-electron chi connectivity index (χ2n) is 7.04. The smallest absolute Gasteiger partial charge is 0.197 e. The van der Waals surface area contributed by atoms with Gasteiger partial charge in [-0.25, -0.2) is 0 Å². The Morgan fingerprint density at radius 1 is 0.920 bits per heavy atom. The Morgan fingerprint density at radius 2 is 1.44 bits per heavy atom. The summed E-state index contributed by atoms with van der Waals surface area (Å²) in [5, 5.41) is 0. The summed E-state index contributed by atoms with van der Waals surface area (Å²) in [4.78, 5) is 13.4. The van der Waals surface area contributed by atoms with Crippen LogP contribution in [-0.2, 0) is 10.0 Å². The number of hydrogen-bond acceptors (Lipinski definition) is 4. The molecule has 4 nitrogen and oxygen atoms in total. The predicted octanol–water partition coefficient (Wildman–Crippen LogP) is 4.65. The molecule has 2 aromatic carbocycles. The van der Waals surface area contributed by atoms with Crippen LogP contribution in [0.5, 0.6) is 11.5 Å². The first-order valence-electron chi connectivity index (χ1n) is 8.23. The summed E-state index contributed by atoms with van der Waals surface area (Å²) < 4.78 is 17.1. The van der Waals surface area contributed by atoms with E-state index < -0.39 is 13.9 Å². The molecule has 0 fully saturated rings. The summed E-state index contributed by atoms with van der Waals surface area (Å²) in [5.41, 5.74) is 0.221. The average Bonchev–Trinajstić information content (AvgIpc) is 2.59. The van der Waals surface area contributed by atoms with Gasteiger partial charge in [-0.05, 0) is 44.3 Å². The van der Waals surface area contributed by atoms with Crippen molar-refractivity contribution in [3.05, 3.63) is 59.7 Å². The Hall–Kier alpha value is -2.11. The van der Waals surface area contributed by atoms with E-state index in [2.05, 4.69) is 19.6 Å². The fourth-order valence-corrected chi connectivity index (χ4v) is 4.23. The monoisotopic (exact) mass is 358 g/mol. The van der Waals surface area contributed by atoms with Crippen molar-refractivity contribution in [2.45, 2.75) is 32.2 Å². The molecular formula is C20H26O4Si. The van der Waals surface area contributed by atoms with E-state index in [-0.39, 0.29) is 5.78 Å². The molecule has 0 saturated heterocycles. The third kappa shape index (κ3) is 4.49. The molecule has 5 heteroatoms. The lowest BCUT2D eigenvalue weighted by Crippen LogP contribution is -2.44. The molecule has 0 aliphatic rings. The lowest BCUT2D eigenvalue weighted by atomic mass is 9.87. The number of methoxy groups -OCH3 is 2. The lowest BCUT2D eigenvalue weighted by molar-refractivity contribution is 0.0475. The van der Waals surface area contributed by atoms with Gasteiger partial charge in [0.1, 0.15) is 17.1 Å². The minimum Gasteiger partial charge on any atom is -0.497 e. The van der Waals surface area contributed by atoms with Crippen molar-refractivity contribution in [1.82, 2.24) is 0 Å². The van der Waals surface area contributed by atoms with Crippen LogP contribution in [0.15, 0.2) is 48.5 Å². The van der Waals surface area contributed by atoms with Crippen molar-refractivity contribution < 1.29 is 18.7 Å². The summed E-state index contributed by atoms with van der Waals surface area (Å²) in [6.07, 6.45) is 0. The van der Waals surface area contributed by atoms with Crippen LogP contribution in [0.4, 0.5) is 0 Å². The minimum atomic E-state index is -2.03. The SMILES string of the molecule is COc1cc(OC)cc(C(C)(O[Si](C)(C)C)C(=O)c2ccccc2)c1. The Balaban J connectivity index is 2.62. The molecule has 2 aromatic rings. The van der Waals surface area contributed by atoms with Crippen molar-refractivity contribution in [2.24, 2.45) is 0 Å². The molecule has 1 atom stereocenters. The number of carbonyl (C=O) groups is 1. The van der Waals surface area contributed by atoms with E-state index >= 15 is 0 Å². The largest absolute Gasteiger partial charge is 0.497 e. The maximum absolute atomic E-state index is 13.4. The third-order valence-corrected chi connectivity index (χ3v) is 4.90. The quantitative estimate of drug-likeness (QED) is 0.534. The number of rotatable bonds is 7. The van der Waals surface area contributed by atoms with Crippen molar-refractivity contribution >= 4 is 14.1 Å². The zero-order chi connectivity index (χ0) is 18.7. The van der Waals surface area contributed by atoms with E-state index in [1.54, 1.807) is 20.3 Å². The summed E-state index contributed by atoms with van der Waals surface area (Å²) in [6.45, 7) is 8.04. The van der Waals surface area contributed by atoms with Crippen LogP contribution in [-0.4, -0.2) is 28.3 Å². The molecule has 0 spiro atoms. The maximum Gasteiger partial charge on any atom is 0.197 e. The van der Waals surface area contributed by atoms with Gasteiger partial charge in [0.05, 0.1) is 14.2 Å². The molecule has 0 saturated carbocycles. The van der Waals surface area contributed by atoms with Crippen molar-refractivity contribution in [2.75, 3.05) is 14.2 Å². The van der Waals surface area contributed by atoms with E-state index in [9.17, 15) is 4.79 Å². The Morgan fingerprint density at radius 3 is 1.88 bits per heavy atom. The van der Waals surface area contributed by atoms with Gasteiger partial charge in [0.15, 0.2) is 14.1 Å². The number of ketones is 1. The van der Waals surface area contributed by atoms with Crippen molar-refractivity contribution in [3.8, 4) is 11.5 Å². The van der Waals surface area contributed by atoms with Crippen LogP contribution < -0.4 is 9.47 Å². The van der Waals surface area contributed by atoms with Crippen molar-refractivity contribution in [1.29, 1.82) is 0 Å². The summed E-state index contributed by atoms with van der Waals surface area (Å²) in [6, 6.07) is 14.7. The van der Waals surface area contributed by atoms with E-state index in [1.807, 2.05) is 49.4 Å². The number of carbonyl (C=O) groups excluding carboxylic acids is 1. The molecule has 0 amide bonds. The first kappa shape index (κ1) is 19.2. The molecule has 25 heavy (non-hydrogen) atoms. The van der Waals surface area contributed by atoms with Crippen LogP contribution in [0.1, 0.15) is 22.8 Å². The first-order chi connectivity index (χ1) is 11.7. The van der Waals surface area contributed by atoms with Gasteiger partial charge in [-0.1, -0.05) is 30.3 Å². The number of ether oxygens (including phenoxy) is 2. The highest BCUT2D eigenvalue weighted by atomic mass is 28.4. The molecule has 0 radical (unpaired) electrons. The second kappa shape index (κ2) is 7.41. The van der Waals surface area contributed by atoms with E-state index in [0.717, 1.165) is 5.56 Å². The first-order valence-corrected chi connectivity index (χ1v) is 11.6. The standard InChI is InChI=1S/C20H26O4Si/c1-20(24-25(4,5)6,19(21)15-10-8-7-9-11-15)16-12-17(22-2)14-18(13-16)23-3/h7-14H,1-6H3. The zero-order valence-corrected chi connectivity index (χ0v) is 16.8. The fraction of sp³-hybridized carbons (Fsp3) is 0.350. The molecule has 0 aromatic heterocycles. The van der Waals surface area contributed by atoms with Crippen LogP contribution >= 0.6 is 0 Å². The van der Waals surface area contributed by atoms with Gasteiger partial charge in [-0.2, -0.15) is 0 Å². The van der Waals surface area contributed by atoms with Gasteiger partial charge in [-0.3, -0.25) is 4.79 Å². The molecule has 0 aliphatic heterocycles. The summed E-state index contributed by atoms with van der Waals surface area (Å²) in [7, 11) is 1.15. The Kier molecular flexibility index (Phi) is 5.70. The minimum absolute atomic E-state index is 0.0779. The highest BCUT2D eigenvalue weighted by Gasteiger charge is 2.41. The van der Waals surface area contributed by atoms with Gasteiger partial charge in [0.2, 0.25) is 0 Å². The summed E-state index contributed by atoms with van der Waals surface area (Å²) >= 11 is 0. The van der Waals surface area contributed by atoms with Crippen LogP contribution in [0.2, 0.25) is 19.6 Å². The highest BCUT2D eigenvalue weighted by Crippen LogP contribution is 2.37. The van der Waals surface area contributed by atoms with E-state index in [0.29, 0.717) is 17.1 Å². The predicted molar refractivity (Wildman–Crippen MR) is 102 cm³/mol. The molecule has 134 valence electrons. The van der Waals surface area contributed by atoms with E-state index in [1.165, 1.54) is 0 Å². The topological polar surface area (TPSA) is 44.8 Å². The van der Waals surface area contributed by atoms with Crippen LogP contribution in [0, 0.1) is 0 Å². The molecule has 1 unspecified atom stereocenters. The molecule has 0 aliphatic carbocycles. The number of benzene rings is 2. The van der Waals surface area contributed by atoms with Crippen LogP contribution in [0.3, 0.4) is 0 Å². The molecular weight excluding hydrogens is 332 g/mol. The normalized spacial score (nSPS) is 13.8. The fourth-order valence-electron chi connectivity index (χ4n) is 2.80. The van der Waals surface area contributed by atoms with Crippen molar-refractivity contribution in [3.63, 3.8) is 0 Å². The zero-order valence-electron chi connectivity index (χ0n) is 15.8. The highest BCUT2D eigenvalue weighted by molar-refractivity contribution is 6.70. The maximum atomic E-state index is 13.4. The second-order valence-corrected chi connectivity index (χ2v) is 11.5. The Labute approximate surface area is 150 Å². The lowest BCUT2D eigenvalue weighted by Gasteiger charge is -2.36. The molecule has 0 bridgehead atoms. The Bertz CT molecular complexity index is 715. The van der Waals surface area contributed by atoms with Gasteiger partial charge in [0.25, 0.3) is 0 Å². The van der Waals surface area contributed by atoms with E-state index in [4.69, 9.17) is 13.9 Å². The molecule has 2 rings (SSSR count). The van der Waals surface area contributed by atoms with Gasteiger partial charge >= 0.3 is 0 Å². The average molecular weight is 359 g/mol. The van der Waals surface area contributed by atoms with Gasteiger partial charge in [0, 0.05) is 11.6 Å². The van der Waals surface area contributed by atoms with Gasteiger partial charge < -0.3 is 13.9 Å². The molecule has 0 heterocycles. The third-order valence-electron chi connectivity index (χ3n) is 3.88. The van der Waals surface area contributed by atoms with Crippen LogP contribution in [0.25, 0.3) is 0 Å².